The van der Waals surface area contributed by atoms with E-state index in [2.05, 4.69) is 10.3 Å². The lowest BCUT2D eigenvalue weighted by molar-refractivity contribution is 0.0708. The van der Waals surface area contributed by atoms with E-state index in [-0.39, 0.29) is 11.8 Å². The van der Waals surface area contributed by atoms with Crippen LogP contribution in [0, 0.1) is 0 Å². The van der Waals surface area contributed by atoms with E-state index in [1.54, 1.807) is 30.5 Å². The second kappa shape index (κ2) is 11.4. The summed E-state index contributed by atoms with van der Waals surface area (Å²) in [5.74, 6) is 0.622. The van der Waals surface area contributed by atoms with Gasteiger partial charge in [0.05, 0.1) is 24.1 Å². The van der Waals surface area contributed by atoms with Crippen molar-refractivity contribution >= 4 is 34.8 Å². The number of anilines is 2. The van der Waals surface area contributed by atoms with Crippen LogP contribution in [0.1, 0.15) is 52.1 Å². The summed E-state index contributed by atoms with van der Waals surface area (Å²) < 4.78 is 5.63. The van der Waals surface area contributed by atoms with Gasteiger partial charge in [0.1, 0.15) is 11.4 Å². The summed E-state index contributed by atoms with van der Waals surface area (Å²) >= 11 is 6.14. The zero-order chi connectivity index (χ0) is 25.7. The van der Waals surface area contributed by atoms with Gasteiger partial charge in [-0.1, -0.05) is 23.7 Å². The van der Waals surface area contributed by atoms with E-state index in [1.807, 2.05) is 61.2 Å². The van der Waals surface area contributed by atoms with Crippen LogP contribution in [-0.2, 0) is 0 Å². The van der Waals surface area contributed by atoms with Crippen LogP contribution < -0.4 is 15.0 Å². The molecule has 1 saturated heterocycles. The normalized spacial score (nSPS) is 13.8. The highest BCUT2D eigenvalue weighted by Crippen LogP contribution is 2.31. The first-order chi connectivity index (χ1) is 17.4. The average molecular weight is 507 g/mol. The summed E-state index contributed by atoms with van der Waals surface area (Å²) in [6.45, 7) is 3.70. The molecule has 0 spiro atoms. The molecule has 8 heteroatoms. The first-order valence-corrected chi connectivity index (χ1v) is 12.5. The molecule has 2 heterocycles. The van der Waals surface area contributed by atoms with E-state index >= 15 is 0 Å². The lowest BCUT2D eigenvalue weighted by atomic mass is 9.89. The number of carbonyl (C=O) groups excluding carboxylic acids is 2. The molecule has 36 heavy (non-hydrogen) atoms. The molecule has 3 aromatic rings. The Balaban J connectivity index is 1.34. The number of halogens is 1. The molecule has 4 rings (SSSR count). The maximum atomic E-state index is 13.1. The lowest BCUT2D eigenvalue weighted by Gasteiger charge is -2.32. The second-order valence-electron chi connectivity index (χ2n) is 9.01. The molecule has 1 aromatic heterocycles. The zero-order valence-electron chi connectivity index (χ0n) is 20.8. The van der Waals surface area contributed by atoms with Gasteiger partial charge in [-0.25, -0.2) is 4.98 Å². The fraction of sp³-hybridized carbons (Fsp3) is 0.321. The molecule has 0 aliphatic carbocycles. The van der Waals surface area contributed by atoms with Gasteiger partial charge in [-0.3, -0.25) is 9.59 Å². The third kappa shape index (κ3) is 5.97. The fourth-order valence-electron chi connectivity index (χ4n) is 4.36. The summed E-state index contributed by atoms with van der Waals surface area (Å²) in [5.41, 5.74) is 3.74. The Labute approximate surface area is 217 Å². The number of ether oxygens (including phenoxy) is 1. The van der Waals surface area contributed by atoms with E-state index in [1.165, 1.54) is 5.56 Å². The Morgan fingerprint density at radius 1 is 1.08 bits per heavy atom. The van der Waals surface area contributed by atoms with Crippen LogP contribution >= 0.6 is 11.6 Å². The Morgan fingerprint density at radius 2 is 1.81 bits per heavy atom. The Hall–Kier alpha value is -3.58. The van der Waals surface area contributed by atoms with E-state index in [0.29, 0.717) is 47.6 Å². The molecule has 2 aromatic carbocycles. The van der Waals surface area contributed by atoms with Crippen LogP contribution in [0.4, 0.5) is 11.4 Å². The smallest absolute Gasteiger partial charge is 0.274 e. The molecular weight excluding hydrogens is 476 g/mol. The van der Waals surface area contributed by atoms with Gasteiger partial charge in [0, 0.05) is 37.9 Å². The first-order valence-electron chi connectivity index (χ1n) is 12.1. The van der Waals surface area contributed by atoms with Crippen molar-refractivity contribution in [3.05, 3.63) is 82.6 Å². The van der Waals surface area contributed by atoms with Crippen molar-refractivity contribution in [1.29, 1.82) is 0 Å². The van der Waals surface area contributed by atoms with E-state index in [4.69, 9.17) is 16.3 Å². The second-order valence-corrected chi connectivity index (χ2v) is 9.45. The number of carbonyl (C=O) groups is 2. The van der Waals surface area contributed by atoms with Crippen LogP contribution in [-0.4, -0.2) is 55.5 Å². The lowest BCUT2D eigenvalue weighted by Crippen LogP contribution is -2.38. The number of hydrogen-bond acceptors (Lipinski definition) is 5. The van der Waals surface area contributed by atoms with Crippen molar-refractivity contribution < 1.29 is 14.3 Å². The summed E-state index contributed by atoms with van der Waals surface area (Å²) in [5, 5.41) is 3.43. The summed E-state index contributed by atoms with van der Waals surface area (Å²) in [6.07, 6.45) is 3.41. The molecule has 1 aliphatic heterocycles. The van der Waals surface area contributed by atoms with Crippen molar-refractivity contribution in [3.8, 4) is 5.75 Å². The number of benzene rings is 2. The predicted octanol–water partition coefficient (Wildman–Crippen LogP) is 5.47. The molecule has 0 unspecified atom stereocenters. The van der Waals surface area contributed by atoms with Gasteiger partial charge in [0.25, 0.3) is 11.8 Å². The minimum absolute atomic E-state index is 0.0512. The van der Waals surface area contributed by atoms with Crippen molar-refractivity contribution in [2.75, 3.05) is 44.0 Å². The average Bonchev–Trinajstić information content (AvgIpc) is 2.90. The number of hydrogen-bond donors (Lipinski definition) is 1. The van der Waals surface area contributed by atoms with Gasteiger partial charge in [-0.05, 0) is 73.7 Å². The molecule has 0 radical (unpaired) electrons. The zero-order valence-corrected chi connectivity index (χ0v) is 21.6. The molecule has 1 aliphatic rings. The van der Waals surface area contributed by atoms with Gasteiger partial charge in [-0.15, -0.1) is 0 Å². The molecule has 2 amide bonds. The van der Waals surface area contributed by atoms with Crippen molar-refractivity contribution in [2.45, 2.75) is 25.7 Å². The van der Waals surface area contributed by atoms with Crippen molar-refractivity contribution in [2.24, 2.45) is 0 Å². The van der Waals surface area contributed by atoms with E-state index in [0.717, 1.165) is 24.2 Å². The van der Waals surface area contributed by atoms with Crippen LogP contribution in [0.5, 0.6) is 5.75 Å². The number of amides is 2. The number of nitrogens with zero attached hydrogens (tertiary/aromatic N) is 3. The Kier molecular flexibility index (Phi) is 8.10. The van der Waals surface area contributed by atoms with E-state index in [9.17, 15) is 9.59 Å². The maximum absolute atomic E-state index is 13.1. The number of rotatable bonds is 7. The van der Waals surface area contributed by atoms with Crippen LogP contribution in [0.2, 0.25) is 5.02 Å². The quantitative estimate of drug-likeness (QED) is 0.460. The van der Waals surface area contributed by atoms with Gasteiger partial charge < -0.3 is 19.9 Å². The van der Waals surface area contributed by atoms with E-state index < -0.39 is 0 Å². The van der Waals surface area contributed by atoms with Crippen molar-refractivity contribution in [1.82, 2.24) is 9.88 Å². The number of piperidine rings is 1. The van der Waals surface area contributed by atoms with Gasteiger partial charge in [0.15, 0.2) is 0 Å². The SMILES string of the molecule is CCOc1ccc(Cl)cc1C(=O)N1CCC(c2ccc(NC(=O)c3ccc(N(C)C)cn3)cc2)CC1. The van der Waals surface area contributed by atoms with Crippen LogP contribution in [0.3, 0.4) is 0 Å². The van der Waals surface area contributed by atoms with Gasteiger partial charge in [-0.2, -0.15) is 0 Å². The summed E-state index contributed by atoms with van der Waals surface area (Å²) in [7, 11) is 3.86. The van der Waals surface area contributed by atoms with Gasteiger partial charge in [0.2, 0.25) is 0 Å². The third-order valence-corrected chi connectivity index (χ3v) is 6.63. The summed E-state index contributed by atoms with van der Waals surface area (Å²) in [4.78, 5) is 33.7. The standard InChI is InChI=1S/C28H31ClN4O3/c1-4-36-26-12-7-21(29)17-24(26)28(35)33-15-13-20(14-16-33)19-5-8-22(9-6-19)31-27(34)25-11-10-23(18-30-25)32(2)3/h5-12,17-18,20H,4,13-16H2,1-3H3,(H,31,34). The highest BCUT2D eigenvalue weighted by molar-refractivity contribution is 6.31. The predicted molar refractivity (Wildman–Crippen MR) is 143 cm³/mol. The Morgan fingerprint density at radius 3 is 2.42 bits per heavy atom. The first kappa shape index (κ1) is 25.5. The Bertz CT molecular complexity index is 1200. The molecule has 1 fully saturated rings. The van der Waals surface area contributed by atoms with Gasteiger partial charge >= 0.3 is 0 Å². The minimum atomic E-state index is -0.243. The number of likely N-dealkylation sites (tertiary alicyclic amines) is 1. The third-order valence-electron chi connectivity index (χ3n) is 6.39. The highest BCUT2D eigenvalue weighted by atomic mass is 35.5. The monoisotopic (exact) mass is 506 g/mol. The molecule has 188 valence electrons. The van der Waals surface area contributed by atoms with Crippen molar-refractivity contribution in [3.63, 3.8) is 0 Å². The minimum Gasteiger partial charge on any atom is -0.493 e. The van der Waals surface area contributed by atoms with Crippen LogP contribution in [0.15, 0.2) is 60.8 Å². The topological polar surface area (TPSA) is 74.8 Å². The molecule has 7 nitrogen and oxygen atoms in total. The molecule has 0 bridgehead atoms. The molecule has 0 saturated carbocycles. The molecular formula is C28H31ClN4O3. The molecule has 1 N–H and O–H groups in total. The van der Waals surface area contributed by atoms with Crippen LogP contribution in [0.25, 0.3) is 0 Å². The number of pyridine rings is 1. The summed E-state index contributed by atoms with van der Waals surface area (Å²) in [6, 6.07) is 16.7. The number of nitrogens with one attached hydrogen (secondary N) is 1. The fourth-order valence-corrected chi connectivity index (χ4v) is 4.53. The molecule has 0 atom stereocenters. The highest BCUT2D eigenvalue weighted by Gasteiger charge is 2.26. The largest absolute Gasteiger partial charge is 0.493 e. The maximum Gasteiger partial charge on any atom is 0.274 e. The number of aromatic nitrogens is 1.